The number of halogens is 3. The van der Waals surface area contributed by atoms with Crippen LogP contribution in [0.25, 0.3) is 0 Å². The van der Waals surface area contributed by atoms with Gasteiger partial charge in [0.05, 0.1) is 0 Å². The van der Waals surface area contributed by atoms with E-state index in [1.54, 1.807) is 0 Å². The number of hydrogen-bond acceptors (Lipinski definition) is 0. The summed E-state index contributed by atoms with van der Waals surface area (Å²) in [7, 11) is 0. The lowest BCUT2D eigenvalue weighted by atomic mass is 10.5. The number of alkyl halides is 3. The molecule has 0 rings (SSSR count). The molecule has 0 nitrogen and oxygen atoms in total. The Hall–Kier alpha value is 0.430. The van der Waals surface area contributed by atoms with Gasteiger partial charge in [0.15, 0.2) is 4.84 Å². The zero-order chi connectivity index (χ0) is 6.41. The van der Waals surface area contributed by atoms with E-state index in [4.69, 9.17) is 34.8 Å². The van der Waals surface area contributed by atoms with Crippen LogP contribution in [0.5, 0.6) is 0 Å². The summed E-state index contributed by atoms with van der Waals surface area (Å²) in [5.41, 5.74) is 0. The first kappa shape index (κ1) is 8.43. The maximum absolute atomic E-state index is 5.30. The fraction of sp³-hybridized carbons (Fsp3) is 0.600. The first-order chi connectivity index (χ1) is 3.77. The van der Waals surface area contributed by atoms with Crippen molar-refractivity contribution in [2.75, 3.05) is 5.88 Å². The molecule has 0 fully saturated rings. The third-order valence-electron chi connectivity index (χ3n) is 0.431. The van der Waals surface area contributed by atoms with Crippen molar-refractivity contribution >= 4 is 34.8 Å². The van der Waals surface area contributed by atoms with Crippen LogP contribution in [0.4, 0.5) is 0 Å². The highest BCUT2D eigenvalue weighted by Crippen LogP contribution is 1.97. The van der Waals surface area contributed by atoms with Crippen molar-refractivity contribution in [3.8, 4) is 11.8 Å². The van der Waals surface area contributed by atoms with E-state index < -0.39 is 4.84 Å². The molecule has 0 aromatic heterocycles. The molecule has 3 heteroatoms. The smallest absolute Gasteiger partial charge is 0.126 e. The summed E-state index contributed by atoms with van der Waals surface area (Å²) in [5.74, 6) is 5.77. The molecule has 46 valence electrons. The van der Waals surface area contributed by atoms with E-state index in [1.807, 2.05) is 0 Å². The predicted molar refractivity (Wildman–Crippen MR) is 38.6 cm³/mol. The Morgan fingerprint density at radius 2 is 2.00 bits per heavy atom. The lowest BCUT2D eigenvalue weighted by molar-refractivity contribution is 1.29. The Kier molecular flexibility index (Phi) is 5.86. The topological polar surface area (TPSA) is 0 Å². The van der Waals surface area contributed by atoms with Gasteiger partial charge in [0.2, 0.25) is 0 Å². The van der Waals surface area contributed by atoms with E-state index in [9.17, 15) is 0 Å². The number of hydrogen-bond donors (Lipinski definition) is 0. The Bertz CT molecular complexity index is 98.0. The zero-order valence-electron chi connectivity index (χ0n) is 4.13. The minimum Gasteiger partial charge on any atom is -0.126 e. The second-order valence-corrected chi connectivity index (χ2v) is 2.54. The molecule has 0 saturated heterocycles. The summed E-state index contributed by atoms with van der Waals surface area (Å²) < 4.78 is 0. The minimum absolute atomic E-state index is 0.535. The first-order valence-corrected chi connectivity index (χ1v) is 3.50. The summed E-state index contributed by atoms with van der Waals surface area (Å²) in [5, 5.41) is 0. The molecule has 0 heterocycles. The van der Waals surface area contributed by atoms with Crippen LogP contribution in [0.2, 0.25) is 0 Å². The van der Waals surface area contributed by atoms with Gasteiger partial charge in [0, 0.05) is 12.3 Å². The molecule has 0 aromatic carbocycles. The summed E-state index contributed by atoms with van der Waals surface area (Å²) in [6, 6.07) is 0. The van der Waals surface area contributed by atoms with Gasteiger partial charge in [-0.25, -0.2) is 0 Å². The monoisotopic (exact) mass is 170 g/mol. The standard InChI is InChI=1S/C5H5Cl3/c6-4-2-1-3-5(7)8/h5H,2,4H2. The highest BCUT2D eigenvalue weighted by Gasteiger charge is 1.84. The molecule has 0 saturated carbocycles. The van der Waals surface area contributed by atoms with Crippen LogP contribution in [0.15, 0.2) is 0 Å². The molecule has 0 unspecified atom stereocenters. The van der Waals surface area contributed by atoms with Crippen molar-refractivity contribution in [3.63, 3.8) is 0 Å². The Balaban J connectivity index is 3.20. The van der Waals surface area contributed by atoms with Gasteiger partial charge in [-0.05, 0) is 0 Å². The maximum atomic E-state index is 5.30. The average Bonchev–Trinajstić information content (AvgIpc) is 1.66. The molecule has 0 N–H and O–H groups in total. The largest absolute Gasteiger partial charge is 0.167 e. The van der Waals surface area contributed by atoms with Gasteiger partial charge in [0.25, 0.3) is 0 Å². The lowest BCUT2D eigenvalue weighted by Crippen LogP contribution is -1.76. The second-order valence-electron chi connectivity index (χ2n) is 1.06. The Labute approximate surface area is 64.1 Å². The van der Waals surface area contributed by atoms with Crippen LogP contribution >= 0.6 is 34.8 Å². The van der Waals surface area contributed by atoms with Gasteiger partial charge in [-0.2, -0.15) is 0 Å². The number of rotatable bonds is 1. The lowest BCUT2D eigenvalue weighted by Gasteiger charge is -1.80. The highest BCUT2D eigenvalue weighted by molar-refractivity contribution is 6.46. The quantitative estimate of drug-likeness (QED) is 0.420. The summed E-state index contributed by atoms with van der Waals surface area (Å²) in [6.07, 6.45) is 0.650. The molecular formula is C5H5Cl3. The summed E-state index contributed by atoms with van der Waals surface area (Å²) in [4.78, 5) is -0.571. The third-order valence-corrected chi connectivity index (χ3v) is 0.838. The highest BCUT2D eigenvalue weighted by atomic mass is 35.5. The van der Waals surface area contributed by atoms with E-state index in [1.165, 1.54) is 0 Å². The predicted octanol–water partition coefficient (Wildman–Crippen LogP) is 2.42. The molecule has 0 atom stereocenters. The Morgan fingerprint density at radius 1 is 1.38 bits per heavy atom. The molecule has 0 spiro atoms. The molecule has 0 bridgehead atoms. The van der Waals surface area contributed by atoms with Gasteiger partial charge < -0.3 is 0 Å². The van der Waals surface area contributed by atoms with Crippen molar-refractivity contribution in [2.24, 2.45) is 0 Å². The van der Waals surface area contributed by atoms with E-state index in [0.29, 0.717) is 12.3 Å². The van der Waals surface area contributed by atoms with Gasteiger partial charge in [-0.1, -0.05) is 35.0 Å². The van der Waals surface area contributed by atoms with Crippen LogP contribution < -0.4 is 0 Å². The fourth-order valence-corrected chi connectivity index (χ4v) is 0.445. The van der Waals surface area contributed by atoms with Gasteiger partial charge >= 0.3 is 0 Å². The molecule has 0 aromatic rings. The van der Waals surface area contributed by atoms with Crippen LogP contribution in [0.3, 0.4) is 0 Å². The molecule has 0 amide bonds. The van der Waals surface area contributed by atoms with Gasteiger partial charge in [-0.3, -0.25) is 0 Å². The SMILES string of the molecule is ClCCC#CC(Cl)Cl. The minimum atomic E-state index is -0.571. The van der Waals surface area contributed by atoms with Gasteiger partial charge in [0.1, 0.15) is 0 Å². The maximum Gasteiger partial charge on any atom is 0.167 e. The van der Waals surface area contributed by atoms with E-state index in [0.717, 1.165) is 0 Å². The van der Waals surface area contributed by atoms with Crippen molar-refractivity contribution < 1.29 is 0 Å². The van der Waals surface area contributed by atoms with E-state index in [-0.39, 0.29) is 0 Å². The average molecular weight is 171 g/mol. The van der Waals surface area contributed by atoms with E-state index >= 15 is 0 Å². The molecule has 0 aliphatic rings. The Morgan fingerprint density at radius 3 is 2.38 bits per heavy atom. The second kappa shape index (κ2) is 5.56. The molecule has 0 aliphatic carbocycles. The molecular weight excluding hydrogens is 166 g/mol. The van der Waals surface area contributed by atoms with Gasteiger partial charge in [-0.15, -0.1) is 11.6 Å². The van der Waals surface area contributed by atoms with Crippen molar-refractivity contribution in [3.05, 3.63) is 0 Å². The summed E-state index contributed by atoms with van der Waals surface area (Å²) in [6.45, 7) is 0. The van der Waals surface area contributed by atoms with Crippen LogP contribution in [-0.2, 0) is 0 Å². The van der Waals surface area contributed by atoms with Crippen LogP contribution in [0.1, 0.15) is 6.42 Å². The van der Waals surface area contributed by atoms with Crippen molar-refractivity contribution in [1.29, 1.82) is 0 Å². The van der Waals surface area contributed by atoms with Crippen molar-refractivity contribution in [1.82, 2.24) is 0 Å². The normalized spacial score (nSPS) is 8.50. The van der Waals surface area contributed by atoms with Crippen LogP contribution in [0, 0.1) is 11.8 Å². The zero-order valence-corrected chi connectivity index (χ0v) is 6.39. The first-order valence-electron chi connectivity index (χ1n) is 2.10. The molecule has 0 radical (unpaired) electrons. The summed E-state index contributed by atoms with van der Waals surface area (Å²) >= 11 is 15.8. The molecule has 0 aliphatic heterocycles. The fourth-order valence-electron chi connectivity index (χ4n) is 0.197. The van der Waals surface area contributed by atoms with Crippen LogP contribution in [-0.4, -0.2) is 10.7 Å². The van der Waals surface area contributed by atoms with Crippen molar-refractivity contribution in [2.45, 2.75) is 11.3 Å². The molecule has 8 heavy (non-hydrogen) atoms. The van der Waals surface area contributed by atoms with E-state index in [2.05, 4.69) is 11.8 Å². The third kappa shape index (κ3) is 6.43.